The average molecular weight is 343 g/mol. The molecular formula is C14H15ClN2O2S2. The zero-order chi connectivity index (χ0) is 15.0. The average Bonchev–Trinajstić information content (AvgIpc) is 3.19. The zero-order valence-electron chi connectivity index (χ0n) is 11.5. The number of halogens is 1. The molecule has 0 aliphatic heterocycles. The van der Waals surface area contributed by atoms with Crippen molar-refractivity contribution in [2.75, 3.05) is 0 Å². The fourth-order valence-corrected chi connectivity index (χ4v) is 4.74. The molecule has 0 radical (unpaired) electrons. The van der Waals surface area contributed by atoms with E-state index in [0.29, 0.717) is 11.6 Å². The number of thiazole rings is 1. The van der Waals surface area contributed by atoms with Gasteiger partial charge in [0.15, 0.2) is 0 Å². The summed E-state index contributed by atoms with van der Waals surface area (Å²) in [5.41, 5.74) is 0.801. The van der Waals surface area contributed by atoms with Gasteiger partial charge in [-0.05, 0) is 38.0 Å². The van der Waals surface area contributed by atoms with E-state index >= 15 is 0 Å². The van der Waals surface area contributed by atoms with Gasteiger partial charge in [-0.3, -0.25) is 0 Å². The molecule has 7 heteroatoms. The summed E-state index contributed by atoms with van der Waals surface area (Å²) in [6, 6.07) is 6.50. The van der Waals surface area contributed by atoms with Crippen LogP contribution >= 0.6 is 22.9 Å². The normalized spacial score (nSPS) is 15.6. The Hall–Kier alpha value is -0.950. The van der Waals surface area contributed by atoms with Gasteiger partial charge in [0.1, 0.15) is 0 Å². The maximum absolute atomic E-state index is 12.8. The molecule has 0 atom stereocenters. The van der Waals surface area contributed by atoms with E-state index in [1.165, 1.54) is 17.4 Å². The summed E-state index contributed by atoms with van der Waals surface area (Å²) in [7, 11) is -3.54. The monoisotopic (exact) mass is 342 g/mol. The van der Waals surface area contributed by atoms with E-state index in [0.717, 1.165) is 23.5 Å². The van der Waals surface area contributed by atoms with Crippen molar-refractivity contribution in [3.8, 4) is 0 Å². The molecule has 0 unspecified atom stereocenters. The van der Waals surface area contributed by atoms with Gasteiger partial charge in [-0.25, -0.2) is 13.4 Å². The number of aromatic nitrogens is 1. The van der Waals surface area contributed by atoms with Gasteiger partial charge < -0.3 is 0 Å². The van der Waals surface area contributed by atoms with Gasteiger partial charge in [0.2, 0.25) is 10.0 Å². The minimum atomic E-state index is -3.54. The Morgan fingerprint density at radius 2 is 2.19 bits per heavy atom. The highest BCUT2D eigenvalue weighted by molar-refractivity contribution is 7.89. The standard InChI is InChI=1S/C14H15ClN2O2S2/c1-10-16-12(9-20-10)8-17(13-5-6-13)21(18,19)14-4-2-3-11(15)7-14/h2-4,7,9,13H,5-6,8H2,1H3. The first-order valence-corrected chi connectivity index (χ1v) is 9.35. The third-order valence-corrected chi connectivity index (χ3v) is 6.29. The molecule has 0 spiro atoms. The van der Waals surface area contributed by atoms with Crippen LogP contribution in [-0.4, -0.2) is 23.7 Å². The van der Waals surface area contributed by atoms with Crippen LogP contribution in [0.5, 0.6) is 0 Å². The van der Waals surface area contributed by atoms with E-state index in [1.54, 1.807) is 22.5 Å². The van der Waals surface area contributed by atoms with E-state index in [4.69, 9.17) is 11.6 Å². The molecular weight excluding hydrogens is 328 g/mol. The van der Waals surface area contributed by atoms with Crippen LogP contribution in [0, 0.1) is 6.92 Å². The third kappa shape index (κ3) is 3.29. The molecule has 1 heterocycles. The lowest BCUT2D eigenvalue weighted by Crippen LogP contribution is -2.32. The van der Waals surface area contributed by atoms with Crippen molar-refractivity contribution in [3.63, 3.8) is 0 Å². The second-order valence-electron chi connectivity index (χ2n) is 5.10. The van der Waals surface area contributed by atoms with Crippen LogP contribution in [0.3, 0.4) is 0 Å². The molecule has 21 heavy (non-hydrogen) atoms. The maximum atomic E-state index is 12.8. The molecule has 0 amide bonds. The predicted molar refractivity (Wildman–Crippen MR) is 84.1 cm³/mol. The first-order chi connectivity index (χ1) is 9.96. The minimum absolute atomic E-state index is 0.0796. The molecule has 1 aliphatic rings. The van der Waals surface area contributed by atoms with E-state index < -0.39 is 10.0 Å². The maximum Gasteiger partial charge on any atom is 0.243 e. The second kappa shape index (κ2) is 5.68. The molecule has 1 aliphatic carbocycles. The number of aryl methyl sites for hydroxylation is 1. The van der Waals surface area contributed by atoms with Crippen LogP contribution < -0.4 is 0 Å². The predicted octanol–water partition coefficient (Wildman–Crippen LogP) is 3.46. The van der Waals surface area contributed by atoms with Crippen LogP contribution in [0.4, 0.5) is 0 Å². The zero-order valence-corrected chi connectivity index (χ0v) is 13.9. The number of hydrogen-bond acceptors (Lipinski definition) is 4. The minimum Gasteiger partial charge on any atom is -0.245 e. The van der Waals surface area contributed by atoms with Crippen molar-refractivity contribution in [1.29, 1.82) is 0 Å². The molecule has 112 valence electrons. The quantitative estimate of drug-likeness (QED) is 0.836. The van der Waals surface area contributed by atoms with Gasteiger partial charge >= 0.3 is 0 Å². The Morgan fingerprint density at radius 1 is 1.43 bits per heavy atom. The van der Waals surface area contributed by atoms with Gasteiger partial charge in [0.25, 0.3) is 0 Å². The van der Waals surface area contributed by atoms with Gasteiger partial charge in [-0.2, -0.15) is 4.31 Å². The summed E-state index contributed by atoms with van der Waals surface area (Å²) in [6.45, 7) is 2.24. The van der Waals surface area contributed by atoms with Crippen LogP contribution in [0.15, 0.2) is 34.5 Å². The van der Waals surface area contributed by atoms with Crippen molar-refractivity contribution < 1.29 is 8.42 Å². The largest absolute Gasteiger partial charge is 0.245 e. The highest BCUT2D eigenvalue weighted by Crippen LogP contribution is 2.34. The van der Waals surface area contributed by atoms with Gasteiger partial charge in [0.05, 0.1) is 22.1 Å². The van der Waals surface area contributed by atoms with Crippen LogP contribution in [-0.2, 0) is 16.6 Å². The number of rotatable bonds is 5. The molecule has 4 nitrogen and oxygen atoms in total. The molecule has 0 bridgehead atoms. The molecule has 3 rings (SSSR count). The number of sulfonamides is 1. The summed E-state index contributed by atoms with van der Waals surface area (Å²) in [5.74, 6) is 0. The molecule has 0 saturated heterocycles. The van der Waals surface area contributed by atoms with Gasteiger partial charge in [-0.15, -0.1) is 11.3 Å². The van der Waals surface area contributed by atoms with Crippen LogP contribution in [0.2, 0.25) is 5.02 Å². The van der Waals surface area contributed by atoms with Gasteiger partial charge in [0, 0.05) is 16.4 Å². The van der Waals surface area contributed by atoms with Gasteiger partial charge in [-0.1, -0.05) is 17.7 Å². The Balaban J connectivity index is 1.93. The fraction of sp³-hybridized carbons (Fsp3) is 0.357. The highest BCUT2D eigenvalue weighted by atomic mass is 35.5. The Labute approximate surface area is 133 Å². The van der Waals surface area contributed by atoms with Crippen molar-refractivity contribution in [1.82, 2.24) is 9.29 Å². The van der Waals surface area contributed by atoms with Crippen molar-refractivity contribution in [2.45, 2.75) is 37.2 Å². The van der Waals surface area contributed by atoms with E-state index in [2.05, 4.69) is 4.98 Å². The lowest BCUT2D eigenvalue weighted by atomic mass is 10.4. The molecule has 2 aromatic rings. The summed E-state index contributed by atoms with van der Waals surface area (Å²) in [6.07, 6.45) is 1.81. The van der Waals surface area contributed by atoms with Crippen molar-refractivity contribution in [3.05, 3.63) is 45.4 Å². The van der Waals surface area contributed by atoms with E-state index in [-0.39, 0.29) is 10.9 Å². The summed E-state index contributed by atoms with van der Waals surface area (Å²) >= 11 is 7.45. The van der Waals surface area contributed by atoms with Crippen molar-refractivity contribution in [2.24, 2.45) is 0 Å². The molecule has 0 N–H and O–H groups in total. The third-order valence-electron chi connectivity index (χ3n) is 3.34. The van der Waals surface area contributed by atoms with Crippen molar-refractivity contribution >= 4 is 33.0 Å². The lowest BCUT2D eigenvalue weighted by Gasteiger charge is -2.21. The van der Waals surface area contributed by atoms with Crippen LogP contribution in [0.1, 0.15) is 23.5 Å². The molecule has 1 fully saturated rings. The molecule has 1 aromatic carbocycles. The number of hydrogen-bond donors (Lipinski definition) is 0. The Kier molecular flexibility index (Phi) is 4.05. The van der Waals surface area contributed by atoms with E-state index in [1.807, 2.05) is 12.3 Å². The van der Waals surface area contributed by atoms with Crippen LogP contribution in [0.25, 0.3) is 0 Å². The summed E-state index contributed by atoms with van der Waals surface area (Å²) in [4.78, 5) is 4.62. The molecule has 1 aromatic heterocycles. The second-order valence-corrected chi connectivity index (χ2v) is 8.49. The first kappa shape index (κ1) is 15.0. The van der Waals surface area contributed by atoms with E-state index in [9.17, 15) is 8.42 Å². The fourth-order valence-electron chi connectivity index (χ4n) is 2.18. The Morgan fingerprint density at radius 3 is 2.76 bits per heavy atom. The SMILES string of the molecule is Cc1nc(CN(C2CC2)S(=O)(=O)c2cccc(Cl)c2)cs1. The lowest BCUT2D eigenvalue weighted by molar-refractivity contribution is 0.395. The molecule has 1 saturated carbocycles. The topological polar surface area (TPSA) is 50.3 Å². The Bertz CT molecular complexity index is 754. The number of benzene rings is 1. The highest BCUT2D eigenvalue weighted by Gasteiger charge is 2.38. The smallest absolute Gasteiger partial charge is 0.243 e. The summed E-state index contributed by atoms with van der Waals surface area (Å²) < 4.78 is 27.2. The first-order valence-electron chi connectivity index (χ1n) is 6.65. The summed E-state index contributed by atoms with van der Waals surface area (Å²) in [5, 5.41) is 3.29. The number of nitrogens with zero attached hydrogens (tertiary/aromatic N) is 2.